The van der Waals surface area contributed by atoms with Crippen LogP contribution >= 0.6 is 35.6 Å². The van der Waals surface area contributed by atoms with Gasteiger partial charge in [-0.25, -0.2) is 0 Å². The molecule has 0 aromatic heterocycles. The number of nitrogens with one attached hydrogen (secondary N) is 1. The summed E-state index contributed by atoms with van der Waals surface area (Å²) in [5.41, 5.74) is 5.40. The Bertz CT molecular complexity index is 631. The van der Waals surface area contributed by atoms with Crippen molar-refractivity contribution >= 4 is 47.4 Å². The molecule has 6 nitrogen and oxygen atoms in total. The van der Waals surface area contributed by atoms with Gasteiger partial charge >= 0.3 is 0 Å². The summed E-state index contributed by atoms with van der Waals surface area (Å²) in [6, 6.07) is 5.19. The van der Waals surface area contributed by atoms with Crippen LogP contribution in [-0.4, -0.2) is 49.5 Å². The summed E-state index contributed by atoms with van der Waals surface area (Å²) in [6.07, 6.45) is 2.58. The molecule has 0 radical (unpaired) electrons. The topological polar surface area (TPSA) is 84.7 Å². The summed E-state index contributed by atoms with van der Waals surface area (Å²) in [6.45, 7) is 2.42. The van der Waals surface area contributed by atoms with E-state index in [1.165, 1.54) is 0 Å². The normalized spacial score (nSPS) is 16.4. The van der Waals surface area contributed by atoms with Crippen LogP contribution in [0.5, 0.6) is 5.75 Å². The van der Waals surface area contributed by atoms with Crippen LogP contribution in [0, 0.1) is 5.92 Å². The van der Waals surface area contributed by atoms with E-state index in [2.05, 4.69) is 5.32 Å². The van der Waals surface area contributed by atoms with Gasteiger partial charge in [-0.1, -0.05) is 29.3 Å². The lowest BCUT2D eigenvalue weighted by Gasteiger charge is -2.32. The van der Waals surface area contributed by atoms with Crippen molar-refractivity contribution in [3.05, 3.63) is 28.2 Å². The summed E-state index contributed by atoms with van der Waals surface area (Å²) in [7, 11) is 0. The summed E-state index contributed by atoms with van der Waals surface area (Å²) in [4.78, 5) is 26.2. The van der Waals surface area contributed by atoms with Gasteiger partial charge in [0.25, 0.3) is 0 Å². The van der Waals surface area contributed by atoms with Gasteiger partial charge in [0.1, 0.15) is 10.8 Å². The maximum atomic E-state index is 12.4. The Labute approximate surface area is 176 Å². The van der Waals surface area contributed by atoms with Gasteiger partial charge in [-0.15, -0.1) is 12.4 Å². The SMILES string of the molecule is Cl.NCCNC(=O)C1CCCN(C(=O)CCCOc2cccc(Cl)c2Cl)C1. The highest BCUT2D eigenvalue weighted by Crippen LogP contribution is 2.31. The Hall–Kier alpha value is -1.21. The summed E-state index contributed by atoms with van der Waals surface area (Å²) in [5.74, 6) is 0.385. The number of hydrogen-bond donors (Lipinski definition) is 2. The third-order valence-corrected chi connectivity index (χ3v) is 5.10. The lowest BCUT2D eigenvalue weighted by Crippen LogP contribution is -2.46. The molecule has 0 saturated carbocycles. The van der Waals surface area contributed by atoms with Crippen molar-refractivity contribution in [3.63, 3.8) is 0 Å². The zero-order chi connectivity index (χ0) is 18.9. The Kier molecular flexibility index (Phi) is 10.8. The third-order valence-electron chi connectivity index (χ3n) is 4.30. The second-order valence-electron chi connectivity index (χ2n) is 6.26. The van der Waals surface area contributed by atoms with E-state index in [4.69, 9.17) is 33.7 Å². The first-order valence-electron chi connectivity index (χ1n) is 8.85. The van der Waals surface area contributed by atoms with Crippen LogP contribution in [0.15, 0.2) is 18.2 Å². The number of nitrogens with two attached hydrogens (primary N) is 1. The highest BCUT2D eigenvalue weighted by molar-refractivity contribution is 6.42. The first-order chi connectivity index (χ1) is 12.5. The predicted octanol–water partition coefficient (Wildman–Crippen LogP) is 2.89. The number of likely N-dealkylation sites (tertiary alicyclic amines) is 1. The molecule has 1 aromatic carbocycles. The van der Waals surface area contributed by atoms with Crippen LogP contribution in [0.2, 0.25) is 10.0 Å². The summed E-state index contributed by atoms with van der Waals surface area (Å²) in [5, 5.41) is 3.61. The number of nitrogens with zero attached hydrogens (tertiary/aromatic N) is 1. The first-order valence-corrected chi connectivity index (χ1v) is 9.61. The van der Waals surface area contributed by atoms with Gasteiger partial charge in [0.2, 0.25) is 11.8 Å². The fourth-order valence-corrected chi connectivity index (χ4v) is 3.26. The molecule has 1 fully saturated rings. The molecule has 2 rings (SSSR count). The molecule has 1 heterocycles. The Morgan fingerprint density at radius 1 is 1.33 bits per heavy atom. The number of carbonyl (C=O) groups excluding carboxylic acids is 2. The largest absolute Gasteiger partial charge is 0.492 e. The van der Waals surface area contributed by atoms with Gasteiger partial charge in [0.05, 0.1) is 17.5 Å². The maximum absolute atomic E-state index is 12.4. The van der Waals surface area contributed by atoms with Gasteiger partial charge in [-0.05, 0) is 31.4 Å². The van der Waals surface area contributed by atoms with Crippen LogP contribution < -0.4 is 15.8 Å². The van der Waals surface area contributed by atoms with Crippen molar-refractivity contribution in [2.24, 2.45) is 11.7 Å². The van der Waals surface area contributed by atoms with E-state index in [0.29, 0.717) is 61.4 Å². The van der Waals surface area contributed by atoms with Gasteiger partial charge in [-0.3, -0.25) is 9.59 Å². The molecule has 2 amide bonds. The molecule has 3 N–H and O–H groups in total. The quantitative estimate of drug-likeness (QED) is 0.611. The van der Waals surface area contributed by atoms with E-state index < -0.39 is 0 Å². The molecule has 27 heavy (non-hydrogen) atoms. The molecular weight excluding hydrogens is 413 g/mol. The molecule has 1 aromatic rings. The van der Waals surface area contributed by atoms with E-state index in [-0.39, 0.29) is 30.1 Å². The maximum Gasteiger partial charge on any atom is 0.224 e. The summed E-state index contributed by atoms with van der Waals surface area (Å²) >= 11 is 12.0. The van der Waals surface area contributed by atoms with E-state index >= 15 is 0 Å². The number of amides is 2. The molecule has 1 aliphatic rings. The number of hydrogen-bond acceptors (Lipinski definition) is 4. The highest BCUT2D eigenvalue weighted by atomic mass is 35.5. The number of halogens is 3. The Balaban J connectivity index is 0.00000364. The van der Waals surface area contributed by atoms with Crippen LogP contribution in [0.4, 0.5) is 0 Å². The highest BCUT2D eigenvalue weighted by Gasteiger charge is 2.27. The van der Waals surface area contributed by atoms with Gasteiger partial charge < -0.3 is 20.7 Å². The van der Waals surface area contributed by atoms with Crippen molar-refractivity contribution in [1.29, 1.82) is 0 Å². The molecule has 0 aliphatic carbocycles. The molecule has 152 valence electrons. The molecule has 0 spiro atoms. The van der Waals surface area contributed by atoms with E-state index in [9.17, 15) is 9.59 Å². The zero-order valence-electron chi connectivity index (χ0n) is 15.1. The van der Waals surface area contributed by atoms with Crippen molar-refractivity contribution in [1.82, 2.24) is 10.2 Å². The molecule has 1 unspecified atom stereocenters. The fourth-order valence-electron chi connectivity index (χ4n) is 2.92. The number of carbonyl (C=O) groups is 2. The Morgan fingerprint density at radius 3 is 2.85 bits per heavy atom. The van der Waals surface area contributed by atoms with Crippen LogP contribution in [0.1, 0.15) is 25.7 Å². The monoisotopic (exact) mass is 437 g/mol. The molecule has 1 aliphatic heterocycles. The van der Waals surface area contributed by atoms with E-state index in [1.54, 1.807) is 23.1 Å². The lowest BCUT2D eigenvalue weighted by atomic mass is 9.96. The zero-order valence-corrected chi connectivity index (χ0v) is 17.4. The van der Waals surface area contributed by atoms with Gasteiger partial charge in [-0.2, -0.15) is 0 Å². The molecule has 0 bridgehead atoms. The van der Waals surface area contributed by atoms with Gasteiger partial charge in [0.15, 0.2) is 0 Å². The standard InChI is InChI=1S/C18H25Cl2N3O3.ClH/c19-14-5-1-6-15(17(14)20)26-11-3-7-16(24)23-10-2-4-13(12-23)18(25)22-9-8-21;/h1,5-6,13H,2-4,7-12,21H2,(H,22,25);1H. The lowest BCUT2D eigenvalue weighted by molar-refractivity contribution is -0.135. The summed E-state index contributed by atoms with van der Waals surface area (Å²) < 4.78 is 5.60. The van der Waals surface area contributed by atoms with Crippen molar-refractivity contribution < 1.29 is 14.3 Å². The van der Waals surface area contributed by atoms with E-state index in [0.717, 1.165) is 12.8 Å². The molecular formula is C18H26Cl3N3O3. The molecule has 9 heteroatoms. The number of rotatable bonds is 8. The van der Waals surface area contributed by atoms with Crippen LogP contribution in [0.25, 0.3) is 0 Å². The minimum Gasteiger partial charge on any atom is -0.492 e. The average Bonchev–Trinajstić information content (AvgIpc) is 2.66. The van der Waals surface area contributed by atoms with Crippen molar-refractivity contribution in [2.45, 2.75) is 25.7 Å². The van der Waals surface area contributed by atoms with Gasteiger partial charge in [0, 0.05) is 32.6 Å². The minimum atomic E-state index is -0.152. The third kappa shape index (κ3) is 7.37. The number of piperidine rings is 1. The van der Waals surface area contributed by atoms with Crippen molar-refractivity contribution in [2.75, 3.05) is 32.8 Å². The van der Waals surface area contributed by atoms with E-state index in [1.807, 2.05) is 0 Å². The number of ether oxygens (including phenoxy) is 1. The second-order valence-corrected chi connectivity index (χ2v) is 7.05. The van der Waals surface area contributed by atoms with Crippen molar-refractivity contribution in [3.8, 4) is 5.75 Å². The molecule has 1 atom stereocenters. The smallest absolute Gasteiger partial charge is 0.224 e. The Morgan fingerprint density at radius 2 is 2.11 bits per heavy atom. The second kappa shape index (κ2) is 12.3. The van der Waals surface area contributed by atoms with Crippen LogP contribution in [0.3, 0.4) is 0 Å². The minimum absolute atomic E-state index is 0. The number of benzene rings is 1. The fraction of sp³-hybridized carbons (Fsp3) is 0.556. The van der Waals surface area contributed by atoms with Crippen LogP contribution in [-0.2, 0) is 9.59 Å². The predicted molar refractivity (Wildman–Crippen MR) is 110 cm³/mol. The first kappa shape index (κ1) is 23.8. The molecule has 1 saturated heterocycles. The average molecular weight is 439 g/mol.